The van der Waals surface area contributed by atoms with Crippen LogP contribution in [0.25, 0.3) is 0 Å². The van der Waals surface area contributed by atoms with Gasteiger partial charge in [0.1, 0.15) is 0 Å². The normalized spacial score (nSPS) is 19.2. The molecule has 0 saturated carbocycles. The second kappa shape index (κ2) is 4.20. The van der Waals surface area contributed by atoms with Crippen molar-refractivity contribution >= 4 is 12.2 Å². The topological polar surface area (TPSA) is 47.9 Å². The second-order valence-corrected chi connectivity index (χ2v) is 4.95. The first-order valence-electron chi connectivity index (χ1n) is 5.47. The van der Waals surface area contributed by atoms with E-state index in [0.29, 0.717) is 12.2 Å². The van der Waals surface area contributed by atoms with E-state index in [4.69, 9.17) is 9.57 Å². The van der Waals surface area contributed by atoms with Crippen molar-refractivity contribution in [1.82, 2.24) is 0 Å². The zero-order valence-corrected chi connectivity index (χ0v) is 10.1. The average Bonchev–Trinajstić information content (AvgIpc) is 2.76. The highest BCUT2D eigenvalue weighted by Gasteiger charge is 2.22. The third-order valence-electron chi connectivity index (χ3n) is 2.58. The Morgan fingerprint density at radius 3 is 2.35 bits per heavy atom. The summed E-state index contributed by atoms with van der Waals surface area (Å²) >= 11 is 0. The third kappa shape index (κ3) is 2.46. The van der Waals surface area contributed by atoms with E-state index in [1.54, 1.807) is 0 Å². The first kappa shape index (κ1) is 11.6. The number of nitrogens with zero attached hydrogens (tertiary/aromatic N) is 1. The fourth-order valence-electron chi connectivity index (χ4n) is 1.54. The minimum absolute atomic E-state index is 0.110. The quantitative estimate of drug-likeness (QED) is 0.736. The number of hydrogen-bond acceptors (Lipinski definition) is 4. The van der Waals surface area contributed by atoms with Gasteiger partial charge in [0, 0.05) is 5.56 Å². The minimum atomic E-state index is -0.910. The van der Waals surface area contributed by atoms with Gasteiger partial charge in [-0.15, -0.1) is 0 Å². The Bertz CT molecular complexity index is 443. The Balaban J connectivity index is 2.17. The van der Waals surface area contributed by atoms with Crippen LogP contribution in [0.4, 0.5) is 0 Å². The highest BCUT2D eigenvalue weighted by atomic mass is 16.8. The standard InChI is InChI=1S/C13H15NO3/c1-13(2,3)10-6-4-9(5-7-10)12-14-17-11(8-15)16-12/h4-8,11H,1-3H3. The SMILES string of the molecule is CC(C)(C)c1ccc(C2=NOC(C=O)O2)cc1. The lowest BCUT2D eigenvalue weighted by Crippen LogP contribution is -2.14. The van der Waals surface area contributed by atoms with E-state index in [1.165, 1.54) is 5.56 Å². The van der Waals surface area contributed by atoms with Crippen molar-refractivity contribution in [2.45, 2.75) is 32.5 Å². The molecule has 1 aliphatic rings. The van der Waals surface area contributed by atoms with Crippen LogP contribution in [0.3, 0.4) is 0 Å². The predicted molar refractivity (Wildman–Crippen MR) is 63.7 cm³/mol. The molecule has 0 fully saturated rings. The smallest absolute Gasteiger partial charge is 0.323 e. The van der Waals surface area contributed by atoms with Crippen molar-refractivity contribution < 1.29 is 14.4 Å². The Morgan fingerprint density at radius 1 is 1.24 bits per heavy atom. The van der Waals surface area contributed by atoms with Gasteiger partial charge in [0.15, 0.2) is 0 Å². The Labute approximate surface area is 100 Å². The summed E-state index contributed by atoms with van der Waals surface area (Å²) in [4.78, 5) is 15.2. The molecule has 90 valence electrons. The molecule has 1 heterocycles. The Kier molecular flexibility index (Phi) is 2.88. The summed E-state index contributed by atoms with van der Waals surface area (Å²) < 4.78 is 5.18. The lowest BCUT2D eigenvalue weighted by Gasteiger charge is -2.18. The van der Waals surface area contributed by atoms with Crippen molar-refractivity contribution in [2.24, 2.45) is 5.16 Å². The first-order chi connectivity index (χ1) is 8.00. The summed E-state index contributed by atoms with van der Waals surface area (Å²) in [6.07, 6.45) is -0.340. The van der Waals surface area contributed by atoms with E-state index in [0.717, 1.165) is 5.56 Å². The molecule has 17 heavy (non-hydrogen) atoms. The monoisotopic (exact) mass is 233 g/mol. The van der Waals surface area contributed by atoms with Crippen molar-refractivity contribution in [3.05, 3.63) is 35.4 Å². The van der Waals surface area contributed by atoms with Crippen LogP contribution in [-0.4, -0.2) is 18.5 Å². The van der Waals surface area contributed by atoms with Crippen LogP contribution in [-0.2, 0) is 19.8 Å². The van der Waals surface area contributed by atoms with Crippen molar-refractivity contribution in [1.29, 1.82) is 0 Å². The second-order valence-electron chi connectivity index (χ2n) is 4.95. The average molecular weight is 233 g/mol. The van der Waals surface area contributed by atoms with Crippen LogP contribution in [0.1, 0.15) is 31.9 Å². The molecule has 1 atom stereocenters. The Morgan fingerprint density at radius 2 is 1.88 bits per heavy atom. The van der Waals surface area contributed by atoms with Gasteiger partial charge >= 0.3 is 6.29 Å². The molecule has 1 aromatic rings. The molecule has 0 saturated heterocycles. The highest BCUT2D eigenvalue weighted by Crippen LogP contribution is 2.23. The number of rotatable bonds is 2. The molecular weight excluding hydrogens is 218 g/mol. The maximum absolute atomic E-state index is 10.4. The molecule has 4 nitrogen and oxygen atoms in total. The van der Waals surface area contributed by atoms with Gasteiger partial charge < -0.3 is 9.57 Å². The van der Waals surface area contributed by atoms with Gasteiger partial charge in [-0.2, -0.15) is 0 Å². The fraction of sp³-hybridized carbons (Fsp3) is 0.385. The molecule has 0 N–H and O–H groups in total. The molecule has 0 amide bonds. The fourth-order valence-corrected chi connectivity index (χ4v) is 1.54. The van der Waals surface area contributed by atoms with Gasteiger partial charge in [0.05, 0.1) is 0 Å². The maximum atomic E-state index is 10.4. The van der Waals surface area contributed by atoms with E-state index in [9.17, 15) is 4.79 Å². The van der Waals surface area contributed by atoms with Crippen LogP contribution in [0.2, 0.25) is 0 Å². The van der Waals surface area contributed by atoms with Gasteiger partial charge in [-0.1, -0.05) is 32.9 Å². The van der Waals surface area contributed by atoms with Gasteiger partial charge in [-0.05, 0) is 28.3 Å². The zero-order chi connectivity index (χ0) is 12.5. The maximum Gasteiger partial charge on any atom is 0.323 e. The van der Waals surface area contributed by atoms with E-state index in [-0.39, 0.29) is 5.41 Å². The molecule has 1 aliphatic heterocycles. The van der Waals surface area contributed by atoms with Gasteiger partial charge in [-0.25, -0.2) is 0 Å². The number of aldehydes is 1. The zero-order valence-electron chi connectivity index (χ0n) is 10.1. The van der Waals surface area contributed by atoms with Crippen molar-refractivity contribution in [3.8, 4) is 0 Å². The Hall–Kier alpha value is -1.84. The minimum Gasteiger partial charge on any atom is -0.426 e. The van der Waals surface area contributed by atoms with Gasteiger partial charge in [0.25, 0.3) is 5.90 Å². The lowest BCUT2D eigenvalue weighted by molar-refractivity contribution is -0.131. The van der Waals surface area contributed by atoms with Crippen molar-refractivity contribution in [2.75, 3.05) is 0 Å². The van der Waals surface area contributed by atoms with Crippen LogP contribution >= 0.6 is 0 Å². The molecule has 1 unspecified atom stereocenters. The predicted octanol–water partition coefficient (Wildman–Crippen LogP) is 2.22. The van der Waals surface area contributed by atoms with Crippen LogP contribution in [0.5, 0.6) is 0 Å². The van der Waals surface area contributed by atoms with Gasteiger partial charge in [-0.3, -0.25) is 4.79 Å². The largest absolute Gasteiger partial charge is 0.426 e. The molecule has 0 radical (unpaired) electrons. The summed E-state index contributed by atoms with van der Waals surface area (Å²) in [5, 5.41) is 3.71. The summed E-state index contributed by atoms with van der Waals surface area (Å²) in [6, 6.07) is 7.87. The number of carbonyl (C=O) groups excluding carboxylic acids is 1. The van der Waals surface area contributed by atoms with Gasteiger partial charge in [0.2, 0.25) is 6.29 Å². The van der Waals surface area contributed by atoms with Crippen LogP contribution in [0.15, 0.2) is 29.4 Å². The van der Waals surface area contributed by atoms with Crippen LogP contribution in [0, 0.1) is 0 Å². The summed E-state index contributed by atoms with van der Waals surface area (Å²) in [7, 11) is 0. The molecular formula is C13H15NO3. The molecule has 0 aromatic heterocycles. The lowest BCUT2D eigenvalue weighted by atomic mass is 9.87. The van der Waals surface area contributed by atoms with Crippen LogP contribution < -0.4 is 0 Å². The first-order valence-corrected chi connectivity index (χ1v) is 5.47. The summed E-state index contributed by atoms with van der Waals surface area (Å²) in [5.74, 6) is 0.350. The molecule has 0 aliphatic carbocycles. The number of oxime groups is 1. The summed E-state index contributed by atoms with van der Waals surface area (Å²) in [5.41, 5.74) is 2.15. The molecule has 4 heteroatoms. The van der Waals surface area contributed by atoms with E-state index in [2.05, 4.69) is 25.9 Å². The number of carbonyl (C=O) groups is 1. The highest BCUT2D eigenvalue weighted by molar-refractivity contribution is 5.95. The molecule has 1 aromatic carbocycles. The van der Waals surface area contributed by atoms with E-state index >= 15 is 0 Å². The number of benzene rings is 1. The number of hydrogen-bond donors (Lipinski definition) is 0. The number of ether oxygens (including phenoxy) is 1. The van der Waals surface area contributed by atoms with Crippen molar-refractivity contribution in [3.63, 3.8) is 0 Å². The summed E-state index contributed by atoms with van der Waals surface area (Å²) in [6.45, 7) is 6.45. The van der Waals surface area contributed by atoms with E-state index < -0.39 is 6.29 Å². The molecule has 0 spiro atoms. The third-order valence-corrected chi connectivity index (χ3v) is 2.58. The van der Waals surface area contributed by atoms with E-state index in [1.807, 2.05) is 24.3 Å². The molecule has 0 bridgehead atoms. The molecule has 2 rings (SSSR count).